The molecule has 1 amide bonds. The molecule has 2 aromatic rings. The fourth-order valence-electron chi connectivity index (χ4n) is 3.11. The molecule has 0 spiro atoms. The van der Waals surface area contributed by atoms with Gasteiger partial charge >= 0.3 is 0 Å². The van der Waals surface area contributed by atoms with Crippen molar-refractivity contribution in [2.24, 2.45) is 0 Å². The number of nitrogens with one attached hydrogen (secondary N) is 1. The Kier molecular flexibility index (Phi) is 5.30. The standard InChI is InChI=1S/C19H25N3O2/c1-14-15(2)20-21-18(14)8-9-19(23)22-10-11-24-17(13-22)12-16-6-4-3-5-7-16/h3-7,17H,8-13H2,1-2H3,(H,20,21)/t17-/m0/s1. The lowest BCUT2D eigenvalue weighted by Gasteiger charge is -2.33. The quantitative estimate of drug-likeness (QED) is 0.917. The van der Waals surface area contributed by atoms with Crippen LogP contribution in [0.1, 0.15) is 28.9 Å². The van der Waals surface area contributed by atoms with E-state index in [4.69, 9.17) is 4.74 Å². The van der Waals surface area contributed by atoms with Gasteiger partial charge < -0.3 is 9.64 Å². The zero-order valence-electron chi connectivity index (χ0n) is 14.4. The molecule has 24 heavy (non-hydrogen) atoms. The molecule has 3 rings (SSSR count). The van der Waals surface area contributed by atoms with E-state index in [2.05, 4.69) is 22.3 Å². The van der Waals surface area contributed by atoms with Gasteiger partial charge in [-0.05, 0) is 25.0 Å². The second-order valence-corrected chi connectivity index (χ2v) is 6.44. The molecule has 0 radical (unpaired) electrons. The van der Waals surface area contributed by atoms with Crippen molar-refractivity contribution in [3.8, 4) is 0 Å². The van der Waals surface area contributed by atoms with Gasteiger partial charge in [-0.25, -0.2) is 0 Å². The van der Waals surface area contributed by atoms with Gasteiger partial charge in [0.15, 0.2) is 0 Å². The number of amides is 1. The van der Waals surface area contributed by atoms with E-state index >= 15 is 0 Å². The molecule has 2 heterocycles. The van der Waals surface area contributed by atoms with Crippen molar-refractivity contribution in [1.82, 2.24) is 15.1 Å². The van der Waals surface area contributed by atoms with Gasteiger partial charge in [-0.15, -0.1) is 0 Å². The maximum absolute atomic E-state index is 12.5. The predicted molar refractivity (Wildman–Crippen MR) is 92.8 cm³/mol. The van der Waals surface area contributed by atoms with Gasteiger partial charge in [-0.2, -0.15) is 5.10 Å². The van der Waals surface area contributed by atoms with Crippen LogP contribution in [0.2, 0.25) is 0 Å². The van der Waals surface area contributed by atoms with Crippen LogP contribution in [0, 0.1) is 13.8 Å². The fourth-order valence-corrected chi connectivity index (χ4v) is 3.11. The summed E-state index contributed by atoms with van der Waals surface area (Å²) < 4.78 is 5.84. The minimum absolute atomic E-state index is 0.0828. The summed E-state index contributed by atoms with van der Waals surface area (Å²) in [7, 11) is 0. The number of aromatic nitrogens is 2. The number of rotatable bonds is 5. The number of H-pyrrole nitrogens is 1. The summed E-state index contributed by atoms with van der Waals surface area (Å²) in [5.74, 6) is 0.191. The minimum Gasteiger partial charge on any atom is -0.374 e. The maximum Gasteiger partial charge on any atom is 0.223 e. The van der Waals surface area contributed by atoms with E-state index in [0.29, 0.717) is 32.5 Å². The maximum atomic E-state index is 12.5. The van der Waals surface area contributed by atoms with E-state index < -0.39 is 0 Å². The van der Waals surface area contributed by atoms with Crippen LogP contribution < -0.4 is 0 Å². The van der Waals surface area contributed by atoms with Crippen LogP contribution in [-0.2, 0) is 22.4 Å². The molecule has 1 aromatic carbocycles. The number of carbonyl (C=O) groups is 1. The van der Waals surface area contributed by atoms with Gasteiger partial charge in [0.2, 0.25) is 5.91 Å². The topological polar surface area (TPSA) is 58.2 Å². The van der Waals surface area contributed by atoms with Gasteiger partial charge in [0.05, 0.1) is 18.4 Å². The Balaban J connectivity index is 1.52. The summed E-state index contributed by atoms with van der Waals surface area (Å²) in [5, 5.41) is 7.26. The van der Waals surface area contributed by atoms with E-state index in [1.807, 2.05) is 36.9 Å². The van der Waals surface area contributed by atoms with Crippen molar-refractivity contribution in [1.29, 1.82) is 0 Å². The largest absolute Gasteiger partial charge is 0.374 e. The predicted octanol–water partition coefficient (Wildman–Crippen LogP) is 2.43. The molecule has 1 atom stereocenters. The van der Waals surface area contributed by atoms with E-state index in [1.165, 1.54) is 5.56 Å². The van der Waals surface area contributed by atoms with Crippen LogP contribution in [0.4, 0.5) is 0 Å². The number of morpholine rings is 1. The smallest absolute Gasteiger partial charge is 0.223 e. The van der Waals surface area contributed by atoms with Gasteiger partial charge in [-0.1, -0.05) is 30.3 Å². The lowest BCUT2D eigenvalue weighted by molar-refractivity contribution is -0.138. The fraction of sp³-hybridized carbons (Fsp3) is 0.474. The Labute approximate surface area is 143 Å². The number of carbonyl (C=O) groups excluding carboxylic acids is 1. The molecule has 5 nitrogen and oxygen atoms in total. The first-order valence-electron chi connectivity index (χ1n) is 8.57. The highest BCUT2D eigenvalue weighted by Crippen LogP contribution is 2.15. The van der Waals surface area contributed by atoms with Gasteiger partial charge in [0.1, 0.15) is 0 Å². The van der Waals surface area contributed by atoms with Gasteiger partial charge in [0, 0.05) is 38.0 Å². The number of benzene rings is 1. The van der Waals surface area contributed by atoms with Crippen LogP contribution in [0.15, 0.2) is 30.3 Å². The molecule has 1 aliphatic heterocycles. The molecule has 1 aromatic heterocycles. The Hall–Kier alpha value is -2.14. The third-order valence-corrected chi connectivity index (χ3v) is 4.73. The Morgan fingerprint density at radius 3 is 2.83 bits per heavy atom. The number of aryl methyl sites for hydroxylation is 2. The zero-order chi connectivity index (χ0) is 16.9. The molecular formula is C19H25N3O2. The van der Waals surface area contributed by atoms with Crippen LogP contribution in [0.3, 0.4) is 0 Å². The van der Waals surface area contributed by atoms with Crippen molar-refractivity contribution >= 4 is 5.91 Å². The molecule has 1 fully saturated rings. The normalized spacial score (nSPS) is 17.9. The number of ether oxygens (including phenoxy) is 1. The van der Waals surface area contributed by atoms with Crippen LogP contribution in [0.5, 0.6) is 0 Å². The minimum atomic E-state index is 0.0828. The second-order valence-electron chi connectivity index (χ2n) is 6.44. The monoisotopic (exact) mass is 327 g/mol. The van der Waals surface area contributed by atoms with Crippen molar-refractivity contribution < 1.29 is 9.53 Å². The summed E-state index contributed by atoms with van der Waals surface area (Å²) in [6, 6.07) is 10.3. The van der Waals surface area contributed by atoms with Gasteiger partial charge in [0.25, 0.3) is 0 Å². The van der Waals surface area contributed by atoms with Crippen LogP contribution in [-0.4, -0.2) is 46.8 Å². The molecule has 1 aliphatic rings. The summed E-state index contributed by atoms with van der Waals surface area (Å²) >= 11 is 0. The SMILES string of the molecule is Cc1[nH]nc(CCC(=O)N2CCO[C@@H](Cc3ccccc3)C2)c1C. The summed E-state index contributed by atoms with van der Waals surface area (Å²) in [6.45, 7) is 6.02. The first-order chi connectivity index (χ1) is 11.6. The molecule has 5 heteroatoms. The van der Waals surface area contributed by atoms with Crippen molar-refractivity contribution in [3.63, 3.8) is 0 Å². The Morgan fingerprint density at radius 2 is 2.12 bits per heavy atom. The number of hydrogen-bond donors (Lipinski definition) is 1. The number of aromatic amines is 1. The summed E-state index contributed by atoms with van der Waals surface area (Å²) in [5.41, 5.74) is 4.48. The van der Waals surface area contributed by atoms with Crippen molar-refractivity contribution in [2.45, 2.75) is 39.2 Å². The van der Waals surface area contributed by atoms with Gasteiger partial charge in [-0.3, -0.25) is 9.89 Å². The van der Waals surface area contributed by atoms with E-state index in [0.717, 1.165) is 23.4 Å². The highest BCUT2D eigenvalue weighted by atomic mass is 16.5. The average Bonchev–Trinajstić information content (AvgIpc) is 2.93. The molecule has 0 bridgehead atoms. The van der Waals surface area contributed by atoms with Crippen molar-refractivity contribution in [3.05, 3.63) is 52.8 Å². The van der Waals surface area contributed by atoms with Crippen molar-refractivity contribution in [2.75, 3.05) is 19.7 Å². The molecule has 1 saturated heterocycles. The third kappa shape index (κ3) is 4.03. The van der Waals surface area contributed by atoms with E-state index in [-0.39, 0.29) is 12.0 Å². The molecule has 1 N–H and O–H groups in total. The first kappa shape index (κ1) is 16.7. The summed E-state index contributed by atoms with van der Waals surface area (Å²) in [6.07, 6.45) is 2.13. The highest BCUT2D eigenvalue weighted by molar-refractivity contribution is 5.76. The number of nitrogens with zero attached hydrogens (tertiary/aromatic N) is 2. The molecule has 0 aliphatic carbocycles. The van der Waals surface area contributed by atoms with E-state index in [9.17, 15) is 4.79 Å². The molecule has 128 valence electrons. The average molecular weight is 327 g/mol. The Bertz CT molecular complexity index is 681. The molecule has 0 unspecified atom stereocenters. The lowest BCUT2D eigenvalue weighted by Crippen LogP contribution is -2.46. The van der Waals surface area contributed by atoms with E-state index in [1.54, 1.807) is 0 Å². The third-order valence-electron chi connectivity index (χ3n) is 4.73. The molecular weight excluding hydrogens is 302 g/mol. The Morgan fingerprint density at radius 1 is 1.33 bits per heavy atom. The highest BCUT2D eigenvalue weighted by Gasteiger charge is 2.24. The van der Waals surface area contributed by atoms with Crippen LogP contribution >= 0.6 is 0 Å². The van der Waals surface area contributed by atoms with Crippen LogP contribution in [0.25, 0.3) is 0 Å². The number of hydrogen-bond acceptors (Lipinski definition) is 3. The summed E-state index contributed by atoms with van der Waals surface area (Å²) in [4.78, 5) is 14.5. The zero-order valence-corrected chi connectivity index (χ0v) is 14.4. The first-order valence-corrected chi connectivity index (χ1v) is 8.57. The lowest BCUT2D eigenvalue weighted by atomic mass is 10.1. The second kappa shape index (κ2) is 7.62. The molecule has 0 saturated carbocycles.